The molecule has 0 unspecified atom stereocenters. The molecule has 0 fully saturated rings. The van der Waals surface area contributed by atoms with Crippen LogP contribution >= 0.6 is 11.6 Å². The largest absolute Gasteiger partial charge is 0.382 e. The molecule has 136 valence electrons. The Morgan fingerprint density at radius 2 is 1.88 bits per heavy atom. The first-order chi connectivity index (χ1) is 12.2. The van der Waals surface area contributed by atoms with Gasteiger partial charge in [0.2, 0.25) is 5.78 Å². The van der Waals surface area contributed by atoms with Crippen LogP contribution in [-0.4, -0.2) is 33.2 Å². The zero-order valence-electron chi connectivity index (χ0n) is 14.1. The Kier molecular flexibility index (Phi) is 4.77. The highest BCUT2D eigenvalue weighted by Gasteiger charge is 2.40. The van der Waals surface area contributed by atoms with E-state index in [0.717, 1.165) is 4.31 Å². The normalized spacial score (nSPS) is 17.3. The first kappa shape index (κ1) is 18.4. The van der Waals surface area contributed by atoms with E-state index in [2.05, 4.69) is 0 Å². The molecule has 2 aromatic carbocycles. The van der Waals surface area contributed by atoms with Gasteiger partial charge in [0, 0.05) is 36.4 Å². The molecule has 0 saturated heterocycles. The van der Waals surface area contributed by atoms with Gasteiger partial charge in [-0.25, -0.2) is 12.8 Å². The number of carbonyl (C=O) groups excluding carboxylic acids is 1. The fourth-order valence-corrected chi connectivity index (χ4v) is 4.52. The number of nitrogens with zero attached hydrogens (tertiary/aromatic N) is 2. The number of anilines is 1. The number of fused-ring (bicyclic) bond motifs is 1. The molecule has 0 saturated carbocycles. The predicted octanol–water partition coefficient (Wildman–Crippen LogP) is 3.41. The van der Waals surface area contributed by atoms with Crippen LogP contribution in [0, 0.1) is 5.82 Å². The van der Waals surface area contributed by atoms with E-state index in [1.54, 1.807) is 20.2 Å². The molecule has 8 heteroatoms. The van der Waals surface area contributed by atoms with Crippen molar-refractivity contribution in [1.29, 1.82) is 0 Å². The predicted molar refractivity (Wildman–Crippen MR) is 99.1 cm³/mol. The summed E-state index contributed by atoms with van der Waals surface area (Å²) in [5.74, 6) is -1.14. The van der Waals surface area contributed by atoms with Crippen LogP contribution in [0.15, 0.2) is 53.6 Å². The number of hydrogen-bond acceptors (Lipinski definition) is 4. The molecule has 0 amide bonds. The van der Waals surface area contributed by atoms with Crippen LogP contribution in [0.25, 0.3) is 0 Å². The van der Waals surface area contributed by atoms with Gasteiger partial charge >= 0.3 is 0 Å². The number of rotatable bonds is 3. The summed E-state index contributed by atoms with van der Waals surface area (Å²) in [5, 5.41) is 0.283. The lowest BCUT2D eigenvalue weighted by molar-refractivity contribution is 0.104. The summed E-state index contributed by atoms with van der Waals surface area (Å²) in [5.41, 5.74) is 0.538. The van der Waals surface area contributed by atoms with E-state index in [0.29, 0.717) is 0 Å². The van der Waals surface area contributed by atoms with Crippen molar-refractivity contribution in [3.63, 3.8) is 0 Å². The third-order valence-electron chi connectivity index (χ3n) is 3.91. The Labute approximate surface area is 156 Å². The van der Waals surface area contributed by atoms with Gasteiger partial charge in [0.15, 0.2) is 4.91 Å². The van der Waals surface area contributed by atoms with E-state index in [9.17, 15) is 17.6 Å². The molecule has 2 aromatic rings. The molecule has 1 heterocycles. The Hall–Kier alpha value is -2.38. The van der Waals surface area contributed by atoms with Gasteiger partial charge < -0.3 is 4.90 Å². The highest BCUT2D eigenvalue weighted by atomic mass is 35.5. The standard InChI is InChI=1S/C18H16ClFN2O3S/c1-21(2)11-17-18(23)14-8-7-13(19)9-16(14)22(26(17,24)25)10-12-5-3-4-6-15(12)20/h3-9,11H,10H2,1-2H3. The molecule has 0 spiro atoms. The molecule has 26 heavy (non-hydrogen) atoms. The van der Waals surface area contributed by atoms with E-state index >= 15 is 0 Å². The minimum absolute atomic E-state index is 0.140. The summed E-state index contributed by atoms with van der Waals surface area (Å²) in [6.45, 7) is -0.250. The monoisotopic (exact) mass is 394 g/mol. The summed E-state index contributed by atoms with van der Waals surface area (Å²) in [4.78, 5) is 13.8. The maximum absolute atomic E-state index is 14.1. The van der Waals surface area contributed by atoms with Crippen molar-refractivity contribution in [2.75, 3.05) is 18.4 Å². The molecule has 1 aliphatic rings. The van der Waals surface area contributed by atoms with Crippen LogP contribution in [0.4, 0.5) is 10.1 Å². The Balaban J connectivity index is 2.23. The average Bonchev–Trinajstić information content (AvgIpc) is 2.57. The molecule has 0 aliphatic carbocycles. The Morgan fingerprint density at radius 1 is 1.19 bits per heavy atom. The van der Waals surface area contributed by atoms with Crippen LogP contribution in [-0.2, 0) is 16.6 Å². The van der Waals surface area contributed by atoms with E-state index in [4.69, 9.17) is 11.6 Å². The van der Waals surface area contributed by atoms with Gasteiger partial charge in [-0.2, -0.15) is 0 Å². The van der Waals surface area contributed by atoms with Crippen molar-refractivity contribution in [1.82, 2.24) is 4.90 Å². The fraction of sp³-hybridized carbons (Fsp3) is 0.167. The van der Waals surface area contributed by atoms with Crippen molar-refractivity contribution in [3.05, 3.63) is 75.5 Å². The van der Waals surface area contributed by atoms with Crippen LogP contribution in [0.5, 0.6) is 0 Å². The molecule has 3 rings (SSSR count). The third-order valence-corrected chi connectivity index (χ3v) is 5.90. The summed E-state index contributed by atoms with van der Waals surface area (Å²) >= 11 is 6.01. The van der Waals surface area contributed by atoms with Crippen molar-refractivity contribution in [2.45, 2.75) is 6.54 Å². The van der Waals surface area contributed by atoms with Gasteiger partial charge in [-0.05, 0) is 24.3 Å². The Bertz CT molecular complexity index is 1020. The molecule has 0 radical (unpaired) electrons. The molecule has 1 aliphatic heterocycles. The van der Waals surface area contributed by atoms with Crippen LogP contribution in [0.1, 0.15) is 15.9 Å². The SMILES string of the molecule is CN(C)C=C1C(=O)c2ccc(Cl)cc2N(Cc2ccccc2F)S1(=O)=O. The highest BCUT2D eigenvalue weighted by molar-refractivity contribution is 7.97. The average molecular weight is 395 g/mol. The molecular formula is C18H16ClFN2O3S. The number of halogens is 2. The molecule has 0 aromatic heterocycles. The number of carbonyl (C=O) groups is 1. The van der Waals surface area contributed by atoms with E-state index in [-0.39, 0.29) is 33.3 Å². The lowest BCUT2D eigenvalue weighted by Gasteiger charge is -2.32. The van der Waals surface area contributed by atoms with Crippen LogP contribution in [0.3, 0.4) is 0 Å². The van der Waals surface area contributed by atoms with Crippen molar-refractivity contribution in [2.24, 2.45) is 0 Å². The smallest absolute Gasteiger partial charge is 0.270 e. The van der Waals surface area contributed by atoms with E-state index in [1.807, 2.05) is 0 Å². The highest BCUT2D eigenvalue weighted by Crippen LogP contribution is 2.38. The van der Waals surface area contributed by atoms with Gasteiger partial charge in [-0.1, -0.05) is 29.8 Å². The number of benzene rings is 2. The van der Waals surface area contributed by atoms with Crippen LogP contribution in [0.2, 0.25) is 5.02 Å². The number of ketones is 1. The first-order valence-corrected chi connectivity index (χ1v) is 9.52. The zero-order chi connectivity index (χ0) is 19.1. The summed E-state index contributed by atoms with van der Waals surface area (Å²) in [7, 11) is -0.937. The molecule has 5 nitrogen and oxygen atoms in total. The minimum atomic E-state index is -4.18. The molecule has 0 bridgehead atoms. The minimum Gasteiger partial charge on any atom is -0.382 e. The quantitative estimate of drug-likeness (QED) is 0.748. The van der Waals surface area contributed by atoms with Crippen molar-refractivity contribution < 1.29 is 17.6 Å². The van der Waals surface area contributed by atoms with E-state index in [1.165, 1.54) is 47.5 Å². The van der Waals surface area contributed by atoms with Gasteiger partial charge in [0.25, 0.3) is 10.0 Å². The maximum atomic E-state index is 14.1. The van der Waals surface area contributed by atoms with Crippen LogP contribution < -0.4 is 4.31 Å². The van der Waals surface area contributed by atoms with Gasteiger partial charge in [-0.3, -0.25) is 9.10 Å². The third kappa shape index (κ3) is 3.20. The molecule has 0 atom stereocenters. The number of hydrogen-bond donors (Lipinski definition) is 0. The van der Waals surface area contributed by atoms with Crippen molar-refractivity contribution in [3.8, 4) is 0 Å². The Morgan fingerprint density at radius 3 is 2.54 bits per heavy atom. The summed E-state index contributed by atoms with van der Waals surface area (Å²) in [6.07, 6.45) is 1.25. The summed E-state index contributed by atoms with van der Waals surface area (Å²) < 4.78 is 41.3. The number of Topliss-reactive ketones (excluding diaryl/α,β-unsaturated/α-hetero) is 1. The lowest BCUT2D eigenvalue weighted by Crippen LogP contribution is -2.39. The van der Waals surface area contributed by atoms with Gasteiger partial charge in [0.1, 0.15) is 5.82 Å². The molecular weight excluding hydrogens is 379 g/mol. The van der Waals surface area contributed by atoms with Gasteiger partial charge in [0.05, 0.1) is 12.2 Å². The second kappa shape index (κ2) is 6.74. The fourth-order valence-electron chi connectivity index (χ4n) is 2.71. The van der Waals surface area contributed by atoms with Crippen molar-refractivity contribution >= 4 is 33.1 Å². The maximum Gasteiger partial charge on any atom is 0.270 e. The van der Waals surface area contributed by atoms with Gasteiger partial charge in [-0.15, -0.1) is 0 Å². The topological polar surface area (TPSA) is 57.7 Å². The number of sulfonamides is 1. The zero-order valence-corrected chi connectivity index (χ0v) is 15.7. The lowest BCUT2D eigenvalue weighted by atomic mass is 10.1. The molecule has 0 N–H and O–H groups in total. The second-order valence-corrected chi connectivity index (χ2v) is 8.32. The van der Waals surface area contributed by atoms with E-state index < -0.39 is 21.6 Å². The number of allylic oxidation sites excluding steroid dienone is 1. The second-order valence-electron chi connectivity index (χ2n) is 6.05. The summed E-state index contributed by atoms with van der Waals surface area (Å²) in [6, 6.07) is 10.3. The first-order valence-electron chi connectivity index (χ1n) is 7.70.